The lowest BCUT2D eigenvalue weighted by Crippen LogP contribution is -2.59. The lowest BCUT2D eigenvalue weighted by atomic mass is 9.92. The average Bonchev–Trinajstić information content (AvgIpc) is 3.02. The lowest BCUT2D eigenvalue weighted by molar-refractivity contribution is 0.346. The molecule has 3 fully saturated rings. The molecule has 0 bridgehead atoms. The zero-order chi connectivity index (χ0) is 24.2. The van der Waals surface area contributed by atoms with Crippen LogP contribution in [-0.2, 0) is 0 Å². The van der Waals surface area contributed by atoms with Crippen molar-refractivity contribution in [2.75, 3.05) is 0 Å². The zero-order valence-electron chi connectivity index (χ0n) is 23.8. The van der Waals surface area contributed by atoms with Crippen molar-refractivity contribution in [1.29, 1.82) is 0 Å². The molecule has 0 heterocycles. The fraction of sp³-hybridized carbons (Fsp3) is 1.00. The van der Waals surface area contributed by atoms with Gasteiger partial charge < -0.3 is 9.96 Å². The number of nitrogens with one attached hydrogen (secondary N) is 2. The van der Waals surface area contributed by atoms with E-state index in [1.54, 1.807) is 0 Å². The molecule has 3 rings (SSSR count). The normalized spacial score (nSPS) is 45.0. The summed E-state index contributed by atoms with van der Waals surface area (Å²) in [6, 6.07) is 1.52. The molecule has 2 nitrogen and oxygen atoms in total. The second-order valence-electron chi connectivity index (χ2n) is 14.2. The van der Waals surface area contributed by atoms with Crippen LogP contribution in [0.5, 0.6) is 0 Å². The van der Waals surface area contributed by atoms with E-state index < -0.39 is 16.5 Å². The van der Waals surface area contributed by atoms with E-state index in [1.165, 1.54) is 25.7 Å². The van der Waals surface area contributed by atoms with Gasteiger partial charge in [-0.05, 0) is 84.1 Å². The van der Waals surface area contributed by atoms with E-state index in [0.29, 0.717) is 0 Å². The van der Waals surface area contributed by atoms with Crippen LogP contribution in [0.25, 0.3) is 0 Å². The highest BCUT2D eigenvalue weighted by atomic mass is 28.3. The number of hydrogen-bond donors (Lipinski definition) is 2. The SMILES string of the molecule is C[C@@H]1[C@H](C)[C@@H](C)C([Si](C)(C)NC2CCC(N[Si](C)(C)C3[C@H](C)[C@H](C)[C@H](C)[C@H]3C)CC2)[C@@H]1C. The number of hydrogen-bond acceptors (Lipinski definition) is 2. The minimum absolute atomic E-state index is 0.759. The van der Waals surface area contributed by atoms with Crippen LogP contribution in [0.2, 0.25) is 37.3 Å². The van der Waals surface area contributed by atoms with Crippen molar-refractivity contribution in [1.82, 2.24) is 9.96 Å². The zero-order valence-corrected chi connectivity index (χ0v) is 25.8. The Morgan fingerprint density at radius 3 is 0.844 bits per heavy atom. The van der Waals surface area contributed by atoms with Gasteiger partial charge in [-0.3, -0.25) is 0 Å². The summed E-state index contributed by atoms with van der Waals surface area (Å²) < 4.78 is 0. The molecular weight excluding hydrogens is 420 g/mol. The van der Waals surface area contributed by atoms with Crippen molar-refractivity contribution >= 4 is 16.5 Å². The highest BCUT2D eigenvalue weighted by Crippen LogP contribution is 2.54. The Hall–Kier alpha value is 0.354. The standard InChI is InChI=1S/C28H58N2Si2/c1-17-18(2)22(6)27(21(17)5)31(9,10)29-25-13-15-26(16-14-25)30-32(11,12)28-23(7)19(3)20(4)24(28)8/h17-30H,13-16H2,1-12H3/t17-,18+,19-,20+,21-,22-,23-,24-,25?,26?,27?,28?/m1/s1. The van der Waals surface area contributed by atoms with Gasteiger partial charge in [0.05, 0.1) is 0 Å². The van der Waals surface area contributed by atoms with E-state index in [2.05, 4.69) is 91.5 Å². The second kappa shape index (κ2) is 9.78. The summed E-state index contributed by atoms with van der Waals surface area (Å²) in [5, 5.41) is 0. The molecule has 0 saturated heterocycles. The third kappa shape index (κ3) is 5.00. The maximum atomic E-state index is 4.33. The third-order valence-corrected chi connectivity index (χ3v) is 19.5. The monoisotopic (exact) mass is 478 g/mol. The Morgan fingerprint density at radius 1 is 0.406 bits per heavy atom. The predicted molar refractivity (Wildman–Crippen MR) is 148 cm³/mol. The summed E-state index contributed by atoms with van der Waals surface area (Å²) in [6.07, 6.45) is 5.51. The van der Waals surface area contributed by atoms with Crippen LogP contribution >= 0.6 is 0 Å². The van der Waals surface area contributed by atoms with Gasteiger partial charge in [0, 0.05) is 12.1 Å². The summed E-state index contributed by atoms with van der Waals surface area (Å²) in [4.78, 5) is 8.65. The van der Waals surface area contributed by atoms with E-state index in [-0.39, 0.29) is 0 Å². The van der Waals surface area contributed by atoms with Crippen molar-refractivity contribution in [3.63, 3.8) is 0 Å². The molecule has 0 aromatic heterocycles. The van der Waals surface area contributed by atoms with Gasteiger partial charge in [0.15, 0.2) is 0 Å². The molecule has 188 valence electrons. The Kier molecular flexibility index (Phi) is 8.23. The van der Waals surface area contributed by atoms with Crippen LogP contribution in [-0.4, -0.2) is 28.6 Å². The molecule has 3 aliphatic rings. The predicted octanol–water partition coefficient (Wildman–Crippen LogP) is 7.74. The molecule has 3 saturated carbocycles. The lowest BCUT2D eigenvalue weighted by Gasteiger charge is -2.44. The van der Waals surface area contributed by atoms with Crippen LogP contribution in [0.1, 0.15) is 81.1 Å². The molecular formula is C28H58N2Si2. The van der Waals surface area contributed by atoms with Crippen molar-refractivity contribution in [3.8, 4) is 0 Å². The third-order valence-electron chi connectivity index (χ3n) is 11.8. The van der Waals surface area contributed by atoms with Crippen molar-refractivity contribution in [2.45, 2.75) is 130 Å². The first-order chi connectivity index (χ1) is 14.7. The van der Waals surface area contributed by atoms with Crippen molar-refractivity contribution < 1.29 is 0 Å². The Bertz CT molecular complexity index is 545. The Morgan fingerprint density at radius 2 is 0.625 bits per heavy atom. The highest BCUT2D eigenvalue weighted by Gasteiger charge is 2.51. The summed E-state index contributed by atoms with van der Waals surface area (Å²) in [7, 11) is -2.91. The van der Waals surface area contributed by atoms with E-state index >= 15 is 0 Å². The first-order valence-electron chi connectivity index (χ1n) is 14.2. The molecule has 0 aromatic rings. The van der Waals surface area contributed by atoms with E-state index in [0.717, 1.165) is 70.5 Å². The number of rotatable bonds is 6. The molecule has 2 N–H and O–H groups in total. The first kappa shape index (κ1) is 26.9. The van der Waals surface area contributed by atoms with Gasteiger partial charge in [0.2, 0.25) is 0 Å². The van der Waals surface area contributed by atoms with Crippen LogP contribution < -0.4 is 9.96 Å². The molecule has 32 heavy (non-hydrogen) atoms. The molecule has 10 atom stereocenters. The Balaban J connectivity index is 1.55. The summed E-state index contributed by atoms with van der Waals surface area (Å²) >= 11 is 0. The van der Waals surface area contributed by atoms with Gasteiger partial charge in [-0.25, -0.2) is 0 Å². The van der Waals surface area contributed by atoms with Crippen molar-refractivity contribution in [2.24, 2.45) is 47.3 Å². The molecule has 0 aliphatic heterocycles. The summed E-state index contributed by atoms with van der Waals surface area (Å²) in [6.45, 7) is 30.8. The molecule has 0 spiro atoms. The van der Waals surface area contributed by atoms with E-state index in [9.17, 15) is 0 Å². The quantitative estimate of drug-likeness (QED) is 0.381. The minimum atomic E-state index is -1.45. The smallest absolute Gasteiger partial charge is 0.123 e. The molecule has 0 aromatic carbocycles. The van der Waals surface area contributed by atoms with Gasteiger partial charge in [-0.15, -0.1) is 0 Å². The average molecular weight is 479 g/mol. The topological polar surface area (TPSA) is 24.1 Å². The molecule has 4 heteroatoms. The maximum Gasteiger partial charge on any atom is 0.123 e. The van der Waals surface area contributed by atoms with Gasteiger partial charge >= 0.3 is 0 Å². The summed E-state index contributed by atoms with van der Waals surface area (Å²) in [5.74, 6) is 7.00. The molecule has 0 radical (unpaired) electrons. The fourth-order valence-electron chi connectivity index (χ4n) is 9.44. The van der Waals surface area contributed by atoms with Gasteiger partial charge in [0.1, 0.15) is 16.5 Å². The minimum Gasteiger partial charge on any atom is -0.334 e. The fourth-order valence-corrected chi connectivity index (χ4v) is 19.0. The second-order valence-corrected chi connectivity index (χ2v) is 23.0. The summed E-state index contributed by atoms with van der Waals surface area (Å²) in [5.41, 5.74) is 1.84. The van der Waals surface area contributed by atoms with Crippen LogP contribution in [0.3, 0.4) is 0 Å². The van der Waals surface area contributed by atoms with Gasteiger partial charge in [-0.1, -0.05) is 81.6 Å². The maximum absolute atomic E-state index is 4.33. The van der Waals surface area contributed by atoms with Crippen molar-refractivity contribution in [3.05, 3.63) is 0 Å². The molecule has 3 aliphatic carbocycles. The van der Waals surface area contributed by atoms with Gasteiger partial charge in [0.25, 0.3) is 0 Å². The van der Waals surface area contributed by atoms with E-state index in [4.69, 9.17) is 0 Å². The van der Waals surface area contributed by atoms with Crippen LogP contribution in [0, 0.1) is 47.3 Å². The van der Waals surface area contributed by atoms with Gasteiger partial charge in [-0.2, -0.15) is 0 Å². The molecule has 0 amide bonds. The highest BCUT2D eigenvalue weighted by molar-refractivity contribution is 6.77. The largest absolute Gasteiger partial charge is 0.334 e. The Labute approximate surface area is 204 Å². The molecule has 2 unspecified atom stereocenters. The van der Waals surface area contributed by atoms with Crippen LogP contribution in [0.4, 0.5) is 0 Å². The van der Waals surface area contributed by atoms with E-state index in [1.807, 2.05) is 0 Å². The first-order valence-corrected chi connectivity index (χ1v) is 20.4. The van der Waals surface area contributed by atoms with Crippen LogP contribution in [0.15, 0.2) is 0 Å².